The number of hydrogen-bond donors (Lipinski definition) is 2. The highest BCUT2D eigenvalue weighted by Crippen LogP contribution is 2.24. The summed E-state index contributed by atoms with van der Waals surface area (Å²) in [6.07, 6.45) is 0.841. The first-order valence-corrected chi connectivity index (χ1v) is 7.81. The predicted octanol–water partition coefficient (Wildman–Crippen LogP) is 3.42. The zero-order chi connectivity index (χ0) is 16.2. The van der Waals surface area contributed by atoms with Crippen LogP contribution in [-0.4, -0.2) is 19.0 Å². The molecule has 0 saturated carbocycles. The Hall–Kier alpha value is -1.35. The van der Waals surface area contributed by atoms with Crippen molar-refractivity contribution in [3.05, 3.63) is 34.4 Å². The minimum absolute atomic E-state index is 0.0676. The molecule has 1 rings (SSSR count). The quantitative estimate of drug-likeness (QED) is 0.843. The van der Waals surface area contributed by atoms with Gasteiger partial charge in [-0.25, -0.2) is 0 Å². The van der Waals surface area contributed by atoms with Crippen LogP contribution in [0.4, 0.5) is 0 Å². The topological polar surface area (TPSA) is 41.1 Å². The van der Waals surface area contributed by atoms with Crippen LogP contribution in [-0.2, 0) is 4.79 Å². The number of carbonyl (C=O) groups excluding carboxylic acids is 1. The summed E-state index contributed by atoms with van der Waals surface area (Å²) >= 11 is 0. The van der Waals surface area contributed by atoms with Gasteiger partial charge in [-0.3, -0.25) is 10.1 Å². The molecule has 2 N–H and O–H groups in total. The molecule has 3 nitrogen and oxygen atoms in total. The third-order valence-corrected chi connectivity index (χ3v) is 3.89. The summed E-state index contributed by atoms with van der Waals surface area (Å²) in [5, 5.41) is 6.27. The summed E-state index contributed by atoms with van der Waals surface area (Å²) in [6.45, 7) is 12.8. The summed E-state index contributed by atoms with van der Waals surface area (Å²) in [5.41, 5.74) is 5.16. The van der Waals surface area contributed by atoms with E-state index in [0.29, 0.717) is 5.92 Å². The van der Waals surface area contributed by atoms with E-state index in [9.17, 15) is 4.79 Å². The van der Waals surface area contributed by atoms with E-state index >= 15 is 0 Å². The van der Waals surface area contributed by atoms with Gasteiger partial charge in [0.05, 0.1) is 6.04 Å². The van der Waals surface area contributed by atoms with E-state index in [1.807, 2.05) is 0 Å². The molecule has 2 atom stereocenters. The van der Waals surface area contributed by atoms with Crippen molar-refractivity contribution in [2.75, 3.05) is 7.05 Å². The summed E-state index contributed by atoms with van der Waals surface area (Å²) in [6, 6.07) is 4.42. The van der Waals surface area contributed by atoms with Crippen molar-refractivity contribution < 1.29 is 4.79 Å². The smallest absolute Gasteiger partial charge is 0.236 e. The Morgan fingerprint density at radius 1 is 1.10 bits per heavy atom. The van der Waals surface area contributed by atoms with Gasteiger partial charge in [-0.2, -0.15) is 0 Å². The highest BCUT2D eigenvalue weighted by molar-refractivity contribution is 5.81. The predicted molar refractivity (Wildman–Crippen MR) is 89.5 cm³/mol. The largest absolute Gasteiger partial charge is 0.358 e. The van der Waals surface area contributed by atoms with Gasteiger partial charge >= 0.3 is 0 Å². The van der Waals surface area contributed by atoms with Gasteiger partial charge in [0.15, 0.2) is 0 Å². The highest BCUT2D eigenvalue weighted by atomic mass is 16.2. The number of carbonyl (C=O) groups is 1. The third kappa shape index (κ3) is 4.85. The molecule has 0 aliphatic carbocycles. The Bertz CT molecular complexity index is 471. The molecule has 0 aliphatic rings. The number of amides is 1. The highest BCUT2D eigenvalue weighted by Gasteiger charge is 2.22. The van der Waals surface area contributed by atoms with E-state index in [0.717, 1.165) is 6.42 Å². The zero-order valence-corrected chi connectivity index (χ0v) is 14.5. The standard InChI is InChI=1S/C18H30N2O/c1-11(2)8-16(18(21)19-7)20-15(6)17-13(4)9-12(3)10-14(17)5/h9-11,15-16,20H,8H2,1-7H3,(H,19,21). The molecule has 118 valence electrons. The molecular weight excluding hydrogens is 260 g/mol. The number of likely N-dealkylation sites (N-methyl/N-ethyl adjacent to an activating group) is 1. The van der Waals surface area contributed by atoms with Gasteiger partial charge < -0.3 is 5.32 Å². The first-order valence-electron chi connectivity index (χ1n) is 7.81. The van der Waals surface area contributed by atoms with Crippen molar-refractivity contribution in [1.29, 1.82) is 0 Å². The van der Waals surface area contributed by atoms with Gasteiger partial charge in [0, 0.05) is 13.1 Å². The second-order valence-corrected chi connectivity index (χ2v) is 6.50. The summed E-state index contributed by atoms with van der Waals surface area (Å²) in [7, 11) is 1.70. The molecule has 0 bridgehead atoms. The Labute approximate surface area is 129 Å². The molecule has 0 radical (unpaired) electrons. The summed E-state index contributed by atoms with van der Waals surface area (Å²) < 4.78 is 0. The number of benzene rings is 1. The van der Waals surface area contributed by atoms with Gasteiger partial charge in [0.1, 0.15) is 0 Å². The number of hydrogen-bond acceptors (Lipinski definition) is 2. The van der Waals surface area contributed by atoms with E-state index in [1.165, 1.54) is 22.3 Å². The molecule has 0 saturated heterocycles. The maximum Gasteiger partial charge on any atom is 0.236 e. The molecule has 1 aromatic carbocycles. The van der Waals surface area contributed by atoms with Crippen LogP contribution < -0.4 is 10.6 Å². The van der Waals surface area contributed by atoms with Crippen LogP contribution in [0.25, 0.3) is 0 Å². The second kappa shape index (κ2) is 7.60. The Kier molecular flexibility index (Phi) is 6.41. The summed E-state index contributed by atoms with van der Waals surface area (Å²) in [5.74, 6) is 0.546. The molecule has 1 amide bonds. The van der Waals surface area contributed by atoms with E-state index in [-0.39, 0.29) is 18.0 Å². The van der Waals surface area contributed by atoms with Crippen LogP contribution in [0.3, 0.4) is 0 Å². The molecule has 0 aromatic heterocycles. The molecule has 0 heterocycles. The van der Waals surface area contributed by atoms with Crippen molar-refractivity contribution in [1.82, 2.24) is 10.6 Å². The average Bonchev–Trinajstić information content (AvgIpc) is 2.35. The van der Waals surface area contributed by atoms with E-state index < -0.39 is 0 Å². The fraction of sp³-hybridized carbons (Fsp3) is 0.611. The molecule has 3 heteroatoms. The van der Waals surface area contributed by atoms with Crippen LogP contribution in [0, 0.1) is 26.7 Å². The molecule has 0 aliphatic heterocycles. The van der Waals surface area contributed by atoms with Crippen molar-refractivity contribution in [3.8, 4) is 0 Å². The lowest BCUT2D eigenvalue weighted by molar-refractivity contribution is -0.123. The van der Waals surface area contributed by atoms with Crippen molar-refractivity contribution in [3.63, 3.8) is 0 Å². The first kappa shape index (κ1) is 17.7. The SMILES string of the molecule is CNC(=O)C(CC(C)C)NC(C)c1c(C)cc(C)cc1C. The van der Waals surface area contributed by atoms with Crippen molar-refractivity contribution in [2.24, 2.45) is 5.92 Å². The number of aryl methyl sites for hydroxylation is 3. The lowest BCUT2D eigenvalue weighted by Gasteiger charge is -2.26. The summed E-state index contributed by atoms with van der Waals surface area (Å²) in [4.78, 5) is 12.1. The molecule has 2 unspecified atom stereocenters. The Balaban J connectivity index is 2.96. The lowest BCUT2D eigenvalue weighted by Crippen LogP contribution is -2.44. The Morgan fingerprint density at radius 3 is 2.05 bits per heavy atom. The molecular formula is C18H30N2O. The van der Waals surface area contributed by atoms with Gasteiger partial charge in [-0.05, 0) is 56.7 Å². The number of nitrogens with one attached hydrogen (secondary N) is 2. The maximum atomic E-state index is 12.1. The van der Waals surface area contributed by atoms with Crippen molar-refractivity contribution >= 4 is 5.91 Å². The second-order valence-electron chi connectivity index (χ2n) is 6.50. The first-order chi connectivity index (χ1) is 9.76. The molecule has 0 fully saturated rings. The third-order valence-electron chi connectivity index (χ3n) is 3.89. The van der Waals surface area contributed by atoms with E-state index in [4.69, 9.17) is 0 Å². The maximum absolute atomic E-state index is 12.1. The number of rotatable bonds is 6. The monoisotopic (exact) mass is 290 g/mol. The average molecular weight is 290 g/mol. The normalized spacial score (nSPS) is 14.1. The van der Waals surface area contributed by atoms with Crippen LogP contribution in [0.2, 0.25) is 0 Å². The molecule has 0 spiro atoms. The van der Waals surface area contributed by atoms with Crippen molar-refractivity contribution in [2.45, 2.75) is 60.0 Å². The molecule has 21 heavy (non-hydrogen) atoms. The minimum Gasteiger partial charge on any atom is -0.358 e. The minimum atomic E-state index is -0.148. The van der Waals surface area contributed by atoms with Gasteiger partial charge in [0.2, 0.25) is 5.91 Å². The zero-order valence-electron chi connectivity index (χ0n) is 14.5. The van der Waals surface area contributed by atoms with Gasteiger partial charge in [-0.15, -0.1) is 0 Å². The van der Waals surface area contributed by atoms with Gasteiger partial charge in [-0.1, -0.05) is 31.5 Å². The van der Waals surface area contributed by atoms with E-state index in [2.05, 4.69) is 64.3 Å². The van der Waals surface area contributed by atoms with Crippen LogP contribution in [0.5, 0.6) is 0 Å². The van der Waals surface area contributed by atoms with E-state index in [1.54, 1.807) is 7.05 Å². The molecule has 1 aromatic rings. The fourth-order valence-electron chi connectivity index (χ4n) is 3.16. The lowest BCUT2D eigenvalue weighted by atomic mass is 9.93. The van der Waals surface area contributed by atoms with Crippen LogP contribution >= 0.6 is 0 Å². The van der Waals surface area contributed by atoms with Gasteiger partial charge in [0.25, 0.3) is 0 Å². The van der Waals surface area contributed by atoms with Crippen LogP contribution in [0.15, 0.2) is 12.1 Å². The Morgan fingerprint density at radius 2 is 1.62 bits per heavy atom. The fourth-order valence-corrected chi connectivity index (χ4v) is 3.16. The van der Waals surface area contributed by atoms with Crippen LogP contribution in [0.1, 0.15) is 55.5 Å².